The molecule has 112 valence electrons. The molecular weight excluding hydrogens is 278 g/mol. The highest BCUT2D eigenvalue weighted by Crippen LogP contribution is 2.29. The zero-order valence-electron chi connectivity index (χ0n) is 12.1. The van der Waals surface area contributed by atoms with Gasteiger partial charge in [-0.3, -0.25) is 5.10 Å². The molecular formula is C15H17N7. The summed E-state index contributed by atoms with van der Waals surface area (Å²) in [6, 6.07) is 3.33. The summed E-state index contributed by atoms with van der Waals surface area (Å²) < 4.78 is 1.91. The van der Waals surface area contributed by atoms with Crippen molar-refractivity contribution in [2.45, 2.75) is 24.9 Å². The van der Waals surface area contributed by atoms with Crippen LogP contribution >= 0.6 is 0 Å². The summed E-state index contributed by atoms with van der Waals surface area (Å²) in [6.45, 7) is 2.05. The average Bonchev–Trinajstić information content (AvgIpc) is 3.25. The molecule has 3 aromatic heterocycles. The van der Waals surface area contributed by atoms with Crippen LogP contribution in [0, 0.1) is 0 Å². The van der Waals surface area contributed by atoms with Gasteiger partial charge >= 0.3 is 0 Å². The van der Waals surface area contributed by atoms with Gasteiger partial charge in [0.1, 0.15) is 11.8 Å². The Labute approximate surface area is 127 Å². The Hall–Kier alpha value is -2.41. The maximum absolute atomic E-state index is 4.56. The molecule has 2 atom stereocenters. The van der Waals surface area contributed by atoms with Gasteiger partial charge in [0.15, 0.2) is 5.82 Å². The average molecular weight is 295 g/mol. The summed E-state index contributed by atoms with van der Waals surface area (Å²) in [5.74, 6) is 1.03. The highest BCUT2D eigenvalue weighted by molar-refractivity contribution is 5.77. The van der Waals surface area contributed by atoms with Crippen LogP contribution in [0.4, 0.5) is 5.82 Å². The monoisotopic (exact) mass is 295 g/mol. The van der Waals surface area contributed by atoms with E-state index in [4.69, 9.17) is 0 Å². The van der Waals surface area contributed by atoms with Crippen molar-refractivity contribution >= 4 is 11.3 Å². The molecule has 5 rings (SSSR count). The molecule has 2 aliphatic rings. The minimum Gasteiger partial charge on any atom is -0.352 e. The number of hydrogen-bond acceptors (Lipinski definition) is 5. The van der Waals surface area contributed by atoms with E-state index in [0.29, 0.717) is 12.1 Å². The number of nitrogens with one attached hydrogen (secondary N) is 2. The lowest BCUT2D eigenvalue weighted by Crippen LogP contribution is -2.51. The summed E-state index contributed by atoms with van der Waals surface area (Å²) in [5.41, 5.74) is 3.23. The standard InChI is InChI=1S/C15H17N7/c1-2-13-8-21(7-12(1)20-13)15-14-3-10(11-4-17-18-5-11)6-22(14)19-9-16-15/h3-6,9,12-13,20H,1-2,7-8H2,(H,17,18)/t12-,13+. The van der Waals surface area contributed by atoms with Crippen LogP contribution in [0.25, 0.3) is 16.6 Å². The second-order valence-electron chi connectivity index (χ2n) is 6.17. The molecule has 5 heterocycles. The number of hydrogen-bond donors (Lipinski definition) is 2. The van der Waals surface area contributed by atoms with E-state index in [1.165, 1.54) is 12.8 Å². The molecule has 3 aromatic rings. The van der Waals surface area contributed by atoms with Crippen molar-refractivity contribution in [2.75, 3.05) is 18.0 Å². The molecule has 0 aliphatic carbocycles. The van der Waals surface area contributed by atoms with Gasteiger partial charge in [-0.25, -0.2) is 9.50 Å². The second kappa shape index (κ2) is 4.54. The minimum atomic E-state index is 0.595. The Kier molecular flexibility index (Phi) is 2.51. The van der Waals surface area contributed by atoms with Gasteiger partial charge in [0, 0.05) is 48.7 Å². The van der Waals surface area contributed by atoms with Crippen LogP contribution in [0.5, 0.6) is 0 Å². The Bertz CT molecular complexity index is 795. The fourth-order valence-electron chi connectivity index (χ4n) is 3.70. The fourth-order valence-corrected chi connectivity index (χ4v) is 3.70. The van der Waals surface area contributed by atoms with Crippen molar-refractivity contribution in [3.8, 4) is 11.1 Å². The van der Waals surface area contributed by atoms with E-state index in [1.54, 1.807) is 6.33 Å². The van der Waals surface area contributed by atoms with Gasteiger partial charge in [0.25, 0.3) is 0 Å². The Morgan fingerprint density at radius 3 is 2.77 bits per heavy atom. The number of aromatic amines is 1. The van der Waals surface area contributed by atoms with Crippen LogP contribution in [-0.4, -0.2) is 50.0 Å². The molecule has 0 spiro atoms. The van der Waals surface area contributed by atoms with Crippen molar-refractivity contribution in [3.63, 3.8) is 0 Å². The predicted octanol–water partition coefficient (Wildman–Crippen LogP) is 1.06. The molecule has 7 heteroatoms. The number of H-pyrrole nitrogens is 1. The third-order valence-electron chi connectivity index (χ3n) is 4.73. The third-order valence-corrected chi connectivity index (χ3v) is 4.73. The van der Waals surface area contributed by atoms with Crippen molar-refractivity contribution < 1.29 is 0 Å². The van der Waals surface area contributed by atoms with Gasteiger partial charge in [-0.2, -0.15) is 10.2 Å². The first kappa shape index (κ1) is 12.2. The minimum absolute atomic E-state index is 0.595. The number of aromatic nitrogens is 5. The SMILES string of the molecule is c1nc(N2C[C@H]3CC[C@@H](C2)N3)c2cc(-c3cn[nH]c3)cn2n1. The van der Waals surface area contributed by atoms with Crippen molar-refractivity contribution in [2.24, 2.45) is 0 Å². The van der Waals surface area contributed by atoms with Crippen LogP contribution in [0.15, 0.2) is 31.0 Å². The number of piperazine rings is 1. The Morgan fingerprint density at radius 2 is 2.00 bits per heavy atom. The number of fused-ring (bicyclic) bond motifs is 3. The highest BCUT2D eigenvalue weighted by atomic mass is 15.3. The predicted molar refractivity (Wildman–Crippen MR) is 82.7 cm³/mol. The molecule has 0 unspecified atom stereocenters. The molecule has 2 fully saturated rings. The number of nitrogens with zero attached hydrogens (tertiary/aromatic N) is 5. The first-order valence-electron chi connectivity index (χ1n) is 7.70. The third kappa shape index (κ3) is 1.82. The maximum atomic E-state index is 4.56. The molecule has 0 aromatic carbocycles. The van der Waals surface area contributed by atoms with E-state index in [0.717, 1.165) is 35.6 Å². The lowest BCUT2D eigenvalue weighted by molar-refractivity contribution is 0.463. The van der Waals surface area contributed by atoms with Gasteiger partial charge in [-0.1, -0.05) is 0 Å². The van der Waals surface area contributed by atoms with Crippen LogP contribution in [0.1, 0.15) is 12.8 Å². The summed E-state index contributed by atoms with van der Waals surface area (Å²) in [6.07, 6.45) is 9.93. The van der Waals surface area contributed by atoms with Gasteiger partial charge in [-0.05, 0) is 18.9 Å². The second-order valence-corrected chi connectivity index (χ2v) is 6.17. The molecule has 7 nitrogen and oxygen atoms in total. The van der Waals surface area contributed by atoms with Crippen LogP contribution in [0.2, 0.25) is 0 Å². The van der Waals surface area contributed by atoms with E-state index in [-0.39, 0.29) is 0 Å². The smallest absolute Gasteiger partial charge is 0.156 e. The first-order chi connectivity index (χ1) is 10.9. The van der Waals surface area contributed by atoms with Gasteiger partial charge in [0.2, 0.25) is 0 Å². The van der Waals surface area contributed by atoms with Gasteiger partial charge in [0.05, 0.1) is 6.20 Å². The van der Waals surface area contributed by atoms with Gasteiger partial charge < -0.3 is 10.2 Å². The lowest BCUT2D eigenvalue weighted by atomic mass is 10.2. The molecule has 2 aliphatic heterocycles. The van der Waals surface area contributed by atoms with Crippen molar-refractivity contribution in [3.05, 3.63) is 31.0 Å². The molecule has 0 saturated carbocycles. The zero-order chi connectivity index (χ0) is 14.5. The number of anilines is 1. The topological polar surface area (TPSA) is 74.1 Å². The van der Waals surface area contributed by atoms with E-state index >= 15 is 0 Å². The van der Waals surface area contributed by atoms with Crippen LogP contribution in [0.3, 0.4) is 0 Å². The van der Waals surface area contributed by atoms with Crippen molar-refractivity contribution in [1.82, 2.24) is 30.1 Å². The van der Waals surface area contributed by atoms with Crippen molar-refractivity contribution in [1.29, 1.82) is 0 Å². The molecule has 0 radical (unpaired) electrons. The van der Waals surface area contributed by atoms with E-state index in [2.05, 4.69) is 36.6 Å². The van der Waals surface area contributed by atoms with Gasteiger partial charge in [-0.15, -0.1) is 0 Å². The summed E-state index contributed by atoms with van der Waals surface area (Å²) in [4.78, 5) is 6.96. The quantitative estimate of drug-likeness (QED) is 0.739. The van der Waals surface area contributed by atoms with Crippen LogP contribution in [-0.2, 0) is 0 Å². The first-order valence-corrected chi connectivity index (χ1v) is 7.70. The summed E-state index contributed by atoms with van der Waals surface area (Å²) >= 11 is 0. The lowest BCUT2D eigenvalue weighted by Gasteiger charge is -2.33. The summed E-state index contributed by atoms with van der Waals surface area (Å²) in [7, 11) is 0. The zero-order valence-corrected chi connectivity index (χ0v) is 12.1. The molecule has 2 bridgehead atoms. The van der Waals surface area contributed by atoms with E-state index < -0.39 is 0 Å². The van der Waals surface area contributed by atoms with Crippen LogP contribution < -0.4 is 10.2 Å². The molecule has 2 N–H and O–H groups in total. The highest BCUT2D eigenvalue weighted by Gasteiger charge is 2.33. The molecule has 0 amide bonds. The Morgan fingerprint density at radius 1 is 1.14 bits per heavy atom. The molecule has 2 saturated heterocycles. The fraction of sp³-hybridized carbons (Fsp3) is 0.400. The largest absolute Gasteiger partial charge is 0.352 e. The Balaban J connectivity index is 1.59. The van der Waals surface area contributed by atoms with E-state index in [1.807, 2.05) is 23.1 Å². The molecule has 22 heavy (non-hydrogen) atoms. The maximum Gasteiger partial charge on any atom is 0.156 e. The number of rotatable bonds is 2. The van der Waals surface area contributed by atoms with E-state index in [9.17, 15) is 0 Å². The summed E-state index contributed by atoms with van der Waals surface area (Å²) in [5, 5.41) is 14.9. The normalized spacial score (nSPS) is 24.3.